The quantitative estimate of drug-likeness (QED) is 0.175. The summed E-state index contributed by atoms with van der Waals surface area (Å²) in [5, 5.41) is 0. The molecule has 0 aromatic heterocycles. The second-order valence-electron chi connectivity index (χ2n) is 15.8. The molecule has 268 valence electrons. The Balaban J connectivity index is 1.08. The van der Waals surface area contributed by atoms with Gasteiger partial charge in [-0.05, 0) is 115 Å². The van der Waals surface area contributed by atoms with Crippen LogP contribution in [-0.4, -0.2) is 0 Å². The Labute approximate surface area is 333 Å². The summed E-state index contributed by atoms with van der Waals surface area (Å²) in [4.78, 5) is 0. The van der Waals surface area contributed by atoms with Crippen molar-refractivity contribution in [3.63, 3.8) is 0 Å². The molecule has 1 spiro atoms. The van der Waals surface area contributed by atoms with E-state index in [1.807, 2.05) is 0 Å². The van der Waals surface area contributed by atoms with Gasteiger partial charge in [-0.3, -0.25) is 0 Å². The van der Waals surface area contributed by atoms with Crippen molar-refractivity contribution in [3.05, 3.63) is 256 Å². The largest absolute Gasteiger partial charge is 0.457 e. The first kappa shape index (κ1) is 32.3. The number of rotatable bonds is 4. The first-order chi connectivity index (χ1) is 28.3. The van der Waals surface area contributed by atoms with Gasteiger partial charge < -0.3 is 4.74 Å². The van der Waals surface area contributed by atoms with Gasteiger partial charge in [-0.25, -0.2) is 0 Å². The van der Waals surface area contributed by atoms with Gasteiger partial charge in [0.05, 0.1) is 10.8 Å². The topological polar surface area (TPSA) is 9.23 Å². The molecule has 0 unspecified atom stereocenters. The average Bonchev–Trinajstić information content (AvgIpc) is 3.75. The van der Waals surface area contributed by atoms with Crippen LogP contribution in [0.25, 0.3) is 39.0 Å². The minimum atomic E-state index is -0.515. The fourth-order valence-corrected chi connectivity index (χ4v) is 10.9. The molecule has 1 nitrogen and oxygen atoms in total. The number of hydrogen-bond donors (Lipinski definition) is 0. The predicted octanol–water partition coefficient (Wildman–Crippen LogP) is 13.9. The first-order valence-electron chi connectivity index (χ1n) is 20.1. The van der Waals surface area contributed by atoms with Crippen molar-refractivity contribution in [2.75, 3.05) is 0 Å². The Kier molecular flexibility index (Phi) is 6.95. The third-order valence-electron chi connectivity index (χ3n) is 13.1. The molecule has 57 heavy (non-hydrogen) atoms. The van der Waals surface area contributed by atoms with E-state index in [4.69, 9.17) is 4.74 Å². The summed E-state index contributed by atoms with van der Waals surface area (Å²) in [5.41, 5.74) is 19.6. The molecule has 4 aliphatic rings. The molecule has 1 aliphatic heterocycles. The van der Waals surface area contributed by atoms with Crippen LogP contribution in [0.15, 0.2) is 212 Å². The van der Waals surface area contributed by atoms with Crippen molar-refractivity contribution in [1.82, 2.24) is 0 Å². The van der Waals surface area contributed by atoms with E-state index in [2.05, 4.69) is 206 Å². The zero-order chi connectivity index (χ0) is 37.6. The lowest BCUT2D eigenvalue weighted by atomic mass is 9.65. The monoisotopic (exact) mass is 726 g/mol. The van der Waals surface area contributed by atoms with Crippen molar-refractivity contribution in [2.24, 2.45) is 0 Å². The molecule has 0 N–H and O–H groups in total. The van der Waals surface area contributed by atoms with Gasteiger partial charge in [-0.2, -0.15) is 0 Å². The lowest BCUT2D eigenvalue weighted by Gasteiger charge is -2.39. The highest BCUT2D eigenvalue weighted by Gasteiger charge is 2.51. The van der Waals surface area contributed by atoms with Crippen LogP contribution in [0.5, 0.6) is 11.5 Å². The summed E-state index contributed by atoms with van der Waals surface area (Å²) < 4.78 is 6.79. The van der Waals surface area contributed by atoms with Gasteiger partial charge in [0.25, 0.3) is 0 Å². The van der Waals surface area contributed by atoms with E-state index < -0.39 is 10.8 Å². The minimum absolute atomic E-state index is 0.415. The fraction of sp³-hybridized carbons (Fsp3) is 0.0714. The number of fused-ring (bicyclic) bond motifs is 11. The van der Waals surface area contributed by atoms with Crippen molar-refractivity contribution >= 4 is 5.57 Å². The third-order valence-corrected chi connectivity index (χ3v) is 13.1. The predicted molar refractivity (Wildman–Crippen MR) is 233 cm³/mol. The van der Waals surface area contributed by atoms with Gasteiger partial charge in [0.15, 0.2) is 0 Å². The smallest absolute Gasteiger partial charge is 0.132 e. The maximum atomic E-state index is 6.79. The summed E-state index contributed by atoms with van der Waals surface area (Å²) >= 11 is 0. The molecule has 8 aromatic carbocycles. The second-order valence-corrected chi connectivity index (χ2v) is 15.8. The van der Waals surface area contributed by atoms with Crippen LogP contribution in [0.1, 0.15) is 57.3 Å². The first-order valence-corrected chi connectivity index (χ1v) is 20.1. The summed E-state index contributed by atoms with van der Waals surface area (Å²) in [6.07, 6.45) is 6.89. The van der Waals surface area contributed by atoms with Crippen molar-refractivity contribution in [1.29, 1.82) is 0 Å². The van der Waals surface area contributed by atoms with Crippen molar-refractivity contribution < 1.29 is 4.74 Å². The highest BCUT2D eigenvalue weighted by Crippen LogP contribution is 2.63. The second kappa shape index (κ2) is 12.3. The molecule has 3 aliphatic carbocycles. The van der Waals surface area contributed by atoms with Gasteiger partial charge in [0.1, 0.15) is 11.5 Å². The van der Waals surface area contributed by atoms with Crippen LogP contribution in [0.3, 0.4) is 0 Å². The number of hydrogen-bond acceptors (Lipinski definition) is 1. The molecule has 0 fully saturated rings. The van der Waals surface area contributed by atoms with Gasteiger partial charge in [0.2, 0.25) is 0 Å². The Morgan fingerprint density at radius 1 is 0.368 bits per heavy atom. The molecule has 0 radical (unpaired) electrons. The average molecular weight is 727 g/mol. The van der Waals surface area contributed by atoms with E-state index in [1.54, 1.807) is 0 Å². The molecule has 12 rings (SSSR count). The highest BCUT2D eigenvalue weighted by molar-refractivity contribution is 5.93. The fourth-order valence-electron chi connectivity index (χ4n) is 10.9. The SMILES string of the molecule is C1=CC2=C(CC1)c1ccc(-c3ccccc3-c3ccc4c(c3)C3(c5ccccc5O4)c4ccccc4-c4ccccc43)cc1C2(c1ccccc1)c1ccccc1. The molecule has 8 aromatic rings. The van der Waals surface area contributed by atoms with Gasteiger partial charge in [0, 0.05) is 11.1 Å². The standard InChI is InChI=1S/C56H38O/c1-3-17-39(18-4-1)55(40-19-5-2-6-20-40)47-26-12-9-25-45(47)46-33-31-37(35-51(46)55)41-21-7-8-22-42(41)38-32-34-54-52(36-38)56(50-29-15-16-30-53(50)57-54)48-27-13-10-23-43(48)44-24-11-14-28-49(44)56/h1-8,10-24,26-36H,9,25H2. The van der Waals surface area contributed by atoms with E-state index >= 15 is 0 Å². The zero-order valence-electron chi connectivity index (χ0n) is 31.5. The lowest BCUT2D eigenvalue weighted by Crippen LogP contribution is -2.32. The van der Waals surface area contributed by atoms with Crippen LogP contribution < -0.4 is 4.74 Å². The molecule has 0 saturated carbocycles. The lowest BCUT2D eigenvalue weighted by molar-refractivity contribution is 0.436. The zero-order valence-corrected chi connectivity index (χ0v) is 31.5. The molecule has 0 saturated heterocycles. The Morgan fingerprint density at radius 2 is 0.877 bits per heavy atom. The highest BCUT2D eigenvalue weighted by atomic mass is 16.5. The summed E-state index contributed by atoms with van der Waals surface area (Å²) in [6.45, 7) is 0. The molecular weight excluding hydrogens is 689 g/mol. The Hall–Kier alpha value is -6.96. The van der Waals surface area contributed by atoms with Gasteiger partial charge in [-0.15, -0.1) is 0 Å². The number of benzene rings is 8. The van der Waals surface area contributed by atoms with E-state index in [-0.39, 0.29) is 0 Å². The third kappa shape index (κ3) is 4.34. The van der Waals surface area contributed by atoms with Crippen LogP contribution >= 0.6 is 0 Å². The normalized spacial score (nSPS) is 15.9. The number of para-hydroxylation sites is 1. The molecule has 0 bridgehead atoms. The maximum Gasteiger partial charge on any atom is 0.132 e. The molecule has 1 heteroatoms. The van der Waals surface area contributed by atoms with Gasteiger partial charge in [-0.1, -0.05) is 182 Å². The van der Waals surface area contributed by atoms with Crippen LogP contribution in [-0.2, 0) is 10.8 Å². The molecule has 1 heterocycles. The molecule has 0 atom stereocenters. The van der Waals surface area contributed by atoms with E-state index in [9.17, 15) is 0 Å². The van der Waals surface area contributed by atoms with Crippen molar-refractivity contribution in [3.8, 4) is 44.9 Å². The summed E-state index contributed by atoms with van der Waals surface area (Å²) in [7, 11) is 0. The number of allylic oxidation sites excluding steroid dienone is 4. The molecule has 0 amide bonds. The molecular formula is C56H38O. The van der Waals surface area contributed by atoms with Gasteiger partial charge >= 0.3 is 0 Å². The Morgan fingerprint density at radius 3 is 1.53 bits per heavy atom. The van der Waals surface area contributed by atoms with E-state index in [0.717, 1.165) is 24.3 Å². The minimum Gasteiger partial charge on any atom is -0.457 e. The van der Waals surface area contributed by atoms with E-state index in [1.165, 1.54) is 89.0 Å². The summed E-state index contributed by atoms with van der Waals surface area (Å²) in [6, 6.07) is 71.9. The van der Waals surface area contributed by atoms with E-state index in [0.29, 0.717) is 0 Å². The van der Waals surface area contributed by atoms with Crippen LogP contribution in [0, 0.1) is 0 Å². The summed E-state index contributed by atoms with van der Waals surface area (Å²) in [5.74, 6) is 1.81. The Bertz CT molecular complexity index is 2900. The number of ether oxygens (including phenoxy) is 1. The van der Waals surface area contributed by atoms with Crippen molar-refractivity contribution in [2.45, 2.75) is 23.7 Å². The van der Waals surface area contributed by atoms with Crippen LogP contribution in [0.4, 0.5) is 0 Å². The van der Waals surface area contributed by atoms with Crippen LogP contribution in [0.2, 0.25) is 0 Å². The maximum absolute atomic E-state index is 6.79.